The van der Waals surface area contributed by atoms with Gasteiger partial charge in [0.25, 0.3) is 5.19 Å². The van der Waals surface area contributed by atoms with E-state index in [-0.39, 0.29) is 0 Å². The molecule has 1 aliphatic rings. The van der Waals surface area contributed by atoms with E-state index in [2.05, 4.69) is 50.1 Å². The van der Waals surface area contributed by atoms with Crippen LogP contribution in [0.2, 0.25) is 0 Å². The Morgan fingerprint density at radius 3 is 2.68 bits per heavy atom. The molecule has 1 saturated heterocycles. The lowest BCUT2D eigenvalue weighted by atomic mass is 9.99. The van der Waals surface area contributed by atoms with Crippen molar-refractivity contribution in [2.75, 3.05) is 27.3 Å². The van der Waals surface area contributed by atoms with E-state index in [1.165, 1.54) is 21.2 Å². The van der Waals surface area contributed by atoms with Crippen LogP contribution in [0.4, 0.5) is 0 Å². The van der Waals surface area contributed by atoms with Gasteiger partial charge in [0.2, 0.25) is 4.96 Å². The summed E-state index contributed by atoms with van der Waals surface area (Å²) < 4.78 is 27.3. The largest absolute Gasteiger partial charge is 0.496 e. The molecule has 1 aliphatic heterocycles. The molecule has 0 saturated carbocycles. The zero-order valence-corrected chi connectivity index (χ0v) is 24.9. The molecule has 41 heavy (non-hydrogen) atoms. The molecule has 9 nitrogen and oxygen atoms in total. The number of benzene rings is 2. The van der Waals surface area contributed by atoms with E-state index in [4.69, 9.17) is 23.6 Å². The Balaban J connectivity index is 1.04. The van der Waals surface area contributed by atoms with Crippen molar-refractivity contribution >= 4 is 50.6 Å². The molecule has 0 unspecified atom stereocenters. The zero-order valence-electron chi connectivity index (χ0n) is 22.5. The van der Waals surface area contributed by atoms with Gasteiger partial charge in [-0.25, -0.2) is 18.8 Å². The van der Waals surface area contributed by atoms with Crippen LogP contribution >= 0.6 is 34.6 Å². The highest BCUT2D eigenvalue weighted by Gasteiger charge is 2.24. The van der Waals surface area contributed by atoms with Crippen LogP contribution in [0.25, 0.3) is 27.4 Å². The molecule has 0 spiro atoms. The number of nitrogens with zero attached hydrogens (tertiary/aromatic N) is 5. The molecule has 1 fully saturated rings. The van der Waals surface area contributed by atoms with Gasteiger partial charge in [-0.3, -0.25) is 0 Å². The fourth-order valence-corrected chi connectivity index (χ4v) is 7.53. The van der Waals surface area contributed by atoms with Crippen LogP contribution in [-0.4, -0.2) is 51.2 Å². The number of imidazole rings is 1. The van der Waals surface area contributed by atoms with Crippen LogP contribution in [0.5, 0.6) is 16.7 Å². The maximum atomic E-state index is 6.30. The number of methoxy groups -OCH3 is 2. The van der Waals surface area contributed by atoms with Crippen LogP contribution in [0.3, 0.4) is 0 Å². The molecule has 7 rings (SSSR count). The normalized spacial score (nSPS) is 14.7. The Bertz CT molecular complexity index is 1750. The minimum atomic E-state index is 0.367. The summed E-state index contributed by atoms with van der Waals surface area (Å²) in [6, 6.07) is 16.3. The van der Waals surface area contributed by atoms with Crippen LogP contribution in [0.15, 0.2) is 69.4 Å². The van der Waals surface area contributed by atoms with Gasteiger partial charge in [0.15, 0.2) is 5.76 Å². The highest BCUT2D eigenvalue weighted by atomic mass is 32.2. The molecule has 0 atom stereocenters. The molecule has 0 radical (unpaired) electrons. The van der Waals surface area contributed by atoms with Crippen molar-refractivity contribution in [1.29, 1.82) is 0 Å². The van der Waals surface area contributed by atoms with Crippen LogP contribution in [-0.2, 0) is 6.61 Å². The number of furan rings is 1. The van der Waals surface area contributed by atoms with Gasteiger partial charge >= 0.3 is 0 Å². The summed E-state index contributed by atoms with van der Waals surface area (Å²) in [7, 11) is 3.23. The molecule has 12 heteroatoms. The third kappa shape index (κ3) is 5.52. The summed E-state index contributed by atoms with van der Waals surface area (Å²) in [5, 5.41) is 9.06. The van der Waals surface area contributed by atoms with Gasteiger partial charge in [-0.2, -0.15) is 0 Å². The molecular formula is C29H27N5O4S3. The lowest BCUT2D eigenvalue weighted by Gasteiger charge is -2.29. The Hall–Kier alpha value is -3.58. The second-order valence-electron chi connectivity index (χ2n) is 9.65. The van der Waals surface area contributed by atoms with E-state index < -0.39 is 0 Å². The third-order valence-corrected chi connectivity index (χ3v) is 10.0. The van der Waals surface area contributed by atoms with E-state index in [0.717, 1.165) is 42.0 Å². The monoisotopic (exact) mass is 605 g/mol. The van der Waals surface area contributed by atoms with Crippen molar-refractivity contribution < 1.29 is 18.6 Å². The minimum absolute atomic E-state index is 0.367. The number of thiazole rings is 1. The SMILES string of the molecule is COc1cc(OCc2csc(C3CCN(Sc4ccccc4)CC3)n2)c2cc(-c3cn4nc(OC)sc4n3)oc2c1. The second kappa shape index (κ2) is 11.4. The number of hydrogen-bond donors (Lipinski definition) is 0. The van der Waals surface area contributed by atoms with Gasteiger partial charge in [-0.15, -0.1) is 16.4 Å². The van der Waals surface area contributed by atoms with Crippen molar-refractivity contribution in [1.82, 2.24) is 23.9 Å². The van der Waals surface area contributed by atoms with Crippen LogP contribution < -0.4 is 14.2 Å². The summed E-state index contributed by atoms with van der Waals surface area (Å²) in [6.07, 6.45) is 4.04. The molecule has 0 amide bonds. The van der Waals surface area contributed by atoms with Crippen molar-refractivity contribution in [2.24, 2.45) is 0 Å². The maximum Gasteiger partial charge on any atom is 0.294 e. The van der Waals surface area contributed by atoms with Crippen molar-refractivity contribution in [2.45, 2.75) is 30.3 Å². The fraction of sp³-hybridized carbons (Fsp3) is 0.276. The average Bonchev–Trinajstić information content (AvgIpc) is 3.79. The Morgan fingerprint density at radius 1 is 1.05 bits per heavy atom. The van der Waals surface area contributed by atoms with Gasteiger partial charge in [-0.05, 0) is 54.3 Å². The van der Waals surface area contributed by atoms with E-state index in [1.807, 2.05) is 36.3 Å². The molecule has 2 aromatic carbocycles. The lowest BCUT2D eigenvalue weighted by molar-refractivity contribution is 0.302. The summed E-state index contributed by atoms with van der Waals surface area (Å²) in [6.45, 7) is 2.48. The molecular weight excluding hydrogens is 579 g/mol. The first-order valence-corrected chi connectivity index (χ1v) is 15.7. The van der Waals surface area contributed by atoms with Gasteiger partial charge in [0.05, 0.1) is 36.5 Å². The third-order valence-electron chi connectivity index (χ3n) is 6.99. The van der Waals surface area contributed by atoms with Gasteiger partial charge in [0.1, 0.15) is 29.4 Å². The first-order valence-electron chi connectivity index (χ1n) is 13.2. The van der Waals surface area contributed by atoms with Gasteiger partial charge < -0.3 is 18.6 Å². The molecule has 6 aromatic rings. The molecule has 4 aromatic heterocycles. The average molecular weight is 606 g/mol. The Kier molecular flexibility index (Phi) is 7.29. The standard InChI is InChI=1S/C29H27N5O4S3/c1-35-20-12-24(22-14-26(38-25(22)13-20)23-15-34-28(31-23)40-29(32-34)36-2)37-16-19-17-39-27(30-19)18-8-10-33(11-9-18)41-21-6-4-3-5-7-21/h3-7,12-15,17-18H,8-11,16H2,1-2H3. The molecule has 0 bridgehead atoms. The number of hydrogen-bond acceptors (Lipinski definition) is 11. The molecule has 5 heterocycles. The van der Waals surface area contributed by atoms with E-state index in [9.17, 15) is 0 Å². The van der Waals surface area contributed by atoms with E-state index in [1.54, 1.807) is 30.1 Å². The summed E-state index contributed by atoms with van der Waals surface area (Å²) in [4.78, 5) is 11.6. The van der Waals surface area contributed by atoms with Crippen molar-refractivity contribution in [3.05, 3.63) is 70.8 Å². The van der Waals surface area contributed by atoms with Crippen LogP contribution in [0.1, 0.15) is 29.5 Å². The zero-order chi connectivity index (χ0) is 27.8. The van der Waals surface area contributed by atoms with E-state index >= 15 is 0 Å². The smallest absolute Gasteiger partial charge is 0.294 e. The number of piperidine rings is 1. The topological polar surface area (TPSA) is 87.2 Å². The number of ether oxygens (including phenoxy) is 3. The number of rotatable bonds is 9. The van der Waals surface area contributed by atoms with E-state index in [0.29, 0.717) is 46.3 Å². The van der Waals surface area contributed by atoms with Gasteiger partial charge in [0, 0.05) is 41.4 Å². The fourth-order valence-electron chi connectivity index (χ4n) is 4.88. The summed E-state index contributed by atoms with van der Waals surface area (Å²) in [5.74, 6) is 2.45. The molecule has 0 aliphatic carbocycles. The Labute approximate surface area is 248 Å². The highest BCUT2D eigenvalue weighted by Crippen LogP contribution is 2.38. The molecule has 210 valence electrons. The lowest BCUT2D eigenvalue weighted by Crippen LogP contribution is -2.27. The quantitative estimate of drug-likeness (QED) is 0.160. The van der Waals surface area contributed by atoms with Crippen LogP contribution in [0, 0.1) is 0 Å². The van der Waals surface area contributed by atoms with Gasteiger partial charge in [-0.1, -0.05) is 18.2 Å². The van der Waals surface area contributed by atoms with Crippen molar-refractivity contribution in [3.8, 4) is 28.1 Å². The second-order valence-corrected chi connectivity index (χ2v) is 12.6. The number of aromatic nitrogens is 4. The predicted molar refractivity (Wildman–Crippen MR) is 161 cm³/mol. The summed E-state index contributed by atoms with van der Waals surface area (Å²) in [5.41, 5.74) is 2.28. The Morgan fingerprint density at radius 2 is 1.90 bits per heavy atom. The molecule has 0 N–H and O–H groups in total. The maximum absolute atomic E-state index is 6.30. The number of fused-ring (bicyclic) bond motifs is 2. The first-order chi connectivity index (χ1) is 20.1. The summed E-state index contributed by atoms with van der Waals surface area (Å²) >= 11 is 4.95. The highest BCUT2D eigenvalue weighted by molar-refractivity contribution is 7.97. The van der Waals surface area contributed by atoms with Crippen molar-refractivity contribution in [3.63, 3.8) is 0 Å². The predicted octanol–water partition coefficient (Wildman–Crippen LogP) is 7.14. The first kappa shape index (κ1) is 26.3. The minimum Gasteiger partial charge on any atom is -0.496 e.